The molecular formula is C23H32F6N2O6S. The van der Waals surface area contributed by atoms with E-state index in [1.807, 2.05) is 6.92 Å². The normalized spacial score (nSPS) is 22.3. The standard InChI is InChI=1S/C19H30N2O2S.2C2HF3O2/c1-4-23-18(22)19-7-5-8-20(10-16-6-9-24-13-16)11-17(19)12-21(14-19)15(2)3;2*3-2(4,5)1(6)7/h6,9,13,15,17H,4-5,7-8,10-12,14H2,1-3H3;2*(H,6,7)/t17-,19-;;/m0../s1. The Kier molecular flexibility index (Phi) is 12.5. The number of hydrogen-bond donors (Lipinski definition) is 2. The number of carboxylic acid groups (broad SMARTS) is 2. The topological polar surface area (TPSA) is 107 Å². The van der Waals surface area contributed by atoms with Crippen LogP contribution in [0, 0.1) is 11.3 Å². The molecule has 0 spiro atoms. The molecule has 0 saturated carbocycles. The molecule has 2 aliphatic heterocycles. The molecule has 2 saturated heterocycles. The Morgan fingerprint density at radius 1 is 1.11 bits per heavy atom. The lowest BCUT2D eigenvalue weighted by Crippen LogP contribution is -2.42. The number of rotatable bonds is 5. The summed E-state index contributed by atoms with van der Waals surface area (Å²) in [6.45, 7) is 11.8. The van der Waals surface area contributed by atoms with E-state index in [-0.39, 0.29) is 11.4 Å². The SMILES string of the molecule is CCOC(=O)[C@]12CCCN(Cc3ccsc3)C[C@H]1CN(C(C)C)C2.O=C(O)C(F)(F)F.O=C(O)C(F)(F)F. The minimum Gasteiger partial charge on any atom is -0.475 e. The van der Waals surface area contributed by atoms with E-state index in [1.165, 1.54) is 5.56 Å². The van der Waals surface area contributed by atoms with Crippen molar-refractivity contribution in [3.05, 3.63) is 22.4 Å². The highest BCUT2D eigenvalue weighted by molar-refractivity contribution is 7.07. The lowest BCUT2D eigenvalue weighted by atomic mass is 9.75. The van der Waals surface area contributed by atoms with Gasteiger partial charge in [0.15, 0.2) is 0 Å². The lowest BCUT2D eigenvalue weighted by molar-refractivity contribution is -0.193. The summed E-state index contributed by atoms with van der Waals surface area (Å²) in [7, 11) is 0. The van der Waals surface area contributed by atoms with Crippen molar-refractivity contribution < 1.29 is 55.7 Å². The van der Waals surface area contributed by atoms with Crippen LogP contribution in [0.4, 0.5) is 26.3 Å². The molecule has 3 heterocycles. The first kappa shape index (κ1) is 33.6. The third-order valence-electron chi connectivity index (χ3n) is 6.18. The monoisotopic (exact) mass is 578 g/mol. The quantitative estimate of drug-likeness (QED) is 0.389. The molecule has 2 atom stereocenters. The number of aliphatic carboxylic acids is 2. The van der Waals surface area contributed by atoms with E-state index < -0.39 is 24.3 Å². The summed E-state index contributed by atoms with van der Waals surface area (Å²) in [5.41, 5.74) is 1.09. The second-order valence-corrected chi connectivity index (χ2v) is 9.95. The maximum atomic E-state index is 12.9. The lowest BCUT2D eigenvalue weighted by Gasteiger charge is -2.31. The number of carbonyl (C=O) groups is 3. The molecule has 218 valence electrons. The number of nitrogens with zero attached hydrogens (tertiary/aromatic N) is 2. The number of carboxylic acids is 2. The molecule has 1 aromatic heterocycles. The van der Waals surface area contributed by atoms with E-state index in [9.17, 15) is 31.1 Å². The third-order valence-corrected chi connectivity index (χ3v) is 6.91. The van der Waals surface area contributed by atoms with Gasteiger partial charge in [-0.05, 0) is 62.5 Å². The number of fused-ring (bicyclic) bond motifs is 1. The van der Waals surface area contributed by atoms with Crippen LogP contribution in [0.1, 0.15) is 39.2 Å². The van der Waals surface area contributed by atoms with Gasteiger partial charge in [-0.3, -0.25) is 14.6 Å². The van der Waals surface area contributed by atoms with Crippen molar-refractivity contribution in [1.29, 1.82) is 0 Å². The average molecular weight is 579 g/mol. The number of esters is 1. The van der Waals surface area contributed by atoms with Crippen LogP contribution in [0.5, 0.6) is 0 Å². The Morgan fingerprint density at radius 3 is 2.08 bits per heavy atom. The Hall–Kier alpha value is -2.39. The van der Waals surface area contributed by atoms with E-state index in [4.69, 9.17) is 24.5 Å². The van der Waals surface area contributed by atoms with Crippen molar-refractivity contribution in [2.24, 2.45) is 11.3 Å². The maximum Gasteiger partial charge on any atom is 0.490 e. The largest absolute Gasteiger partial charge is 0.490 e. The first-order chi connectivity index (χ1) is 17.4. The molecule has 0 amide bonds. The highest BCUT2D eigenvalue weighted by Crippen LogP contribution is 2.44. The van der Waals surface area contributed by atoms with Gasteiger partial charge < -0.3 is 14.9 Å². The molecule has 8 nitrogen and oxygen atoms in total. The zero-order valence-corrected chi connectivity index (χ0v) is 22.0. The van der Waals surface area contributed by atoms with Crippen molar-refractivity contribution in [2.45, 2.75) is 58.6 Å². The van der Waals surface area contributed by atoms with Crippen LogP contribution in [-0.4, -0.2) is 89.1 Å². The second kappa shape index (κ2) is 14.1. The van der Waals surface area contributed by atoms with Crippen molar-refractivity contribution in [2.75, 3.05) is 32.8 Å². The van der Waals surface area contributed by atoms with E-state index in [0.717, 1.165) is 45.6 Å². The summed E-state index contributed by atoms with van der Waals surface area (Å²) in [5.74, 6) is -5.10. The predicted molar refractivity (Wildman–Crippen MR) is 125 cm³/mol. The number of hydrogen-bond acceptors (Lipinski definition) is 7. The van der Waals surface area contributed by atoms with Gasteiger partial charge >= 0.3 is 30.3 Å². The fourth-order valence-corrected chi connectivity index (χ4v) is 5.00. The summed E-state index contributed by atoms with van der Waals surface area (Å²) in [6, 6.07) is 2.69. The van der Waals surface area contributed by atoms with Gasteiger partial charge in [-0.15, -0.1) is 0 Å². The molecular weight excluding hydrogens is 546 g/mol. The smallest absolute Gasteiger partial charge is 0.475 e. The Morgan fingerprint density at radius 2 is 1.66 bits per heavy atom. The number of thiophene rings is 1. The van der Waals surface area contributed by atoms with E-state index in [1.54, 1.807) is 11.3 Å². The maximum absolute atomic E-state index is 12.9. The van der Waals surface area contributed by atoms with Gasteiger partial charge in [0.1, 0.15) is 0 Å². The number of halogens is 6. The van der Waals surface area contributed by atoms with Crippen LogP contribution < -0.4 is 0 Å². The Balaban J connectivity index is 0.000000426. The van der Waals surface area contributed by atoms with E-state index in [0.29, 0.717) is 18.6 Å². The minimum absolute atomic E-state index is 0.0375. The molecule has 3 rings (SSSR count). The first-order valence-electron chi connectivity index (χ1n) is 11.7. The van der Waals surface area contributed by atoms with Crippen molar-refractivity contribution in [3.63, 3.8) is 0 Å². The molecule has 0 bridgehead atoms. The summed E-state index contributed by atoms with van der Waals surface area (Å²) in [4.78, 5) is 35.7. The van der Waals surface area contributed by atoms with Crippen molar-refractivity contribution >= 4 is 29.2 Å². The molecule has 1 aromatic rings. The van der Waals surface area contributed by atoms with Gasteiger partial charge in [-0.25, -0.2) is 9.59 Å². The number of alkyl halides is 6. The molecule has 0 aliphatic carbocycles. The van der Waals surface area contributed by atoms with E-state index in [2.05, 4.69) is 40.5 Å². The van der Waals surface area contributed by atoms with Gasteiger partial charge in [0.25, 0.3) is 0 Å². The summed E-state index contributed by atoms with van der Waals surface area (Å²) in [5, 5.41) is 18.6. The van der Waals surface area contributed by atoms with Crippen LogP contribution in [0.25, 0.3) is 0 Å². The van der Waals surface area contributed by atoms with Gasteiger partial charge in [-0.1, -0.05) is 0 Å². The van der Waals surface area contributed by atoms with Crippen LogP contribution in [-0.2, 0) is 25.7 Å². The second-order valence-electron chi connectivity index (χ2n) is 9.17. The van der Waals surface area contributed by atoms with Crippen LogP contribution >= 0.6 is 11.3 Å². The van der Waals surface area contributed by atoms with Crippen LogP contribution in [0.15, 0.2) is 16.8 Å². The highest BCUT2D eigenvalue weighted by atomic mass is 32.1. The number of carbonyl (C=O) groups excluding carboxylic acids is 1. The molecule has 2 aliphatic rings. The molecule has 0 aromatic carbocycles. The zero-order chi connectivity index (χ0) is 29.3. The fraction of sp³-hybridized carbons (Fsp3) is 0.696. The Bertz CT molecular complexity index is 885. The zero-order valence-electron chi connectivity index (χ0n) is 21.1. The van der Waals surface area contributed by atoms with E-state index >= 15 is 0 Å². The molecule has 0 radical (unpaired) electrons. The van der Waals surface area contributed by atoms with Crippen LogP contribution in [0.2, 0.25) is 0 Å². The highest BCUT2D eigenvalue weighted by Gasteiger charge is 2.54. The van der Waals surface area contributed by atoms with Gasteiger partial charge in [0.05, 0.1) is 12.0 Å². The Labute approximate surface area is 220 Å². The van der Waals surface area contributed by atoms with Crippen molar-refractivity contribution in [3.8, 4) is 0 Å². The molecule has 0 unspecified atom stereocenters. The van der Waals surface area contributed by atoms with Gasteiger partial charge in [-0.2, -0.15) is 37.7 Å². The predicted octanol–water partition coefficient (Wildman–Crippen LogP) is 4.50. The number of ether oxygens (including phenoxy) is 1. The molecule has 15 heteroatoms. The summed E-state index contributed by atoms with van der Waals surface area (Å²) in [6.07, 6.45) is -8.13. The molecule has 2 N–H and O–H groups in total. The summed E-state index contributed by atoms with van der Waals surface area (Å²) >= 11 is 1.76. The van der Waals surface area contributed by atoms with Crippen molar-refractivity contribution in [1.82, 2.24) is 9.80 Å². The number of likely N-dealkylation sites (tertiary alicyclic amines) is 2. The minimum atomic E-state index is -5.08. The van der Waals surface area contributed by atoms with Crippen LogP contribution in [0.3, 0.4) is 0 Å². The summed E-state index contributed by atoms with van der Waals surface area (Å²) < 4.78 is 69.0. The third kappa shape index (κ3) is 10.1. The van der Waals surface area contributed by atoms with Gasteiger partial charge in [0, 0.05) is 38.1 Å². The van der Waals surface area contributed by atoms with Gasteiger partial charge in [0.2, 0.25) is 0 Å². The molecule has 2 fully saturated rings. The fourth-order valence-electron chi connectivity index (χ4n) is 4.34. The first-order valence-corrected chi connectivity index (χ1v) is 12.6. The average Bonchev–Trinajstić information content (AvgIpc) is 3.39. The molecule has 38 heavy (non-hydrogen) atoms.